The van der Waals surface area contributed by atoms with E-state index in [1.54, 1.807) is 0 Å². The summed E-state index contributed by atoms with van der Waals surface area (Å²) < 4.78 is 0. The molecule has 0 aliphatic heterocycles. The molecule has 0 fully saturated rings. The quantitative estimate of drug-likeness (QED) is 0.0308. The first-order chi connectivity index (χ1) is 38.5. The lowest BCUT2D eigenvalue weighted by Crippen LogP contribution is -2.53. The molecular formula is C72H141NO5. The summed E-state index contributed by atoms with van der Waals surface area (Å²) in [6.45, 7) is 4.11. The molecule has 1 amide bonds. The van der Waals surface area contributed by atoms with E-state index in [4.69, 9.17) is 0 Å². The molecule has 4 atom stereocenters. The Balaban J connectivity index is 3.53. The minimum absolute atomic E-state index is 0.372. The third kappa shape index (κ3) is 59.4. The van der Waals surface area contributed by atoms with Gasteiger partial charge in [-0.1, -0.05) is 378 Å². The number of carbonyl (C=O) groups is 1. The van der Waals surface area contributed by atoms with Crippen LogP contribution in [0.25, 0.3) is 0 Å². The van der Waals surface area contributed by atoms with E-state index in [0.29, 0.717) is 12.8 Å². The fourth-order valence-corrected chi connectivity index (χ4v) is 11.6. The molecule has 6 nitrogen and oxygen atoms in total. The number of hydrogen-bond donors (Lipinski definition) is 5. The minimum Gasteiger partial charge on any atom is -0.394 e. The molecule has 78 heavy (non-hydrogen) atoms. The molecular weight excluding hydrogens is 959 g/mol. The van der Waals surface area contributed by atoms with Crippen LogP contribution in [0.15, 0.2) is 24.3 Å². The normalized spacial score (nSPS) is 13.6. The standard InChI is InChI=1S/C72H141NO5/c1-3-5-7-9-11-13-15-17-19-21-23-25-27-29-31-33-34-35-36-37-38-40-42-44-46-48-50-52-54-56-58-60-62-64-66-70(76)72(78)73-68(67-74)71(77)69(75)65-63-61-59-57-55-53-51-49-47-45-43-41-39-32-30-28-26-24-22-20-18-16-14-12-10-8-6-4-2/h27,29,33-34,68-71,74-77H,3-26,28,30-32,35-67H2,1-2H3,(H,73,78)/b29-27-,34-33-. The summed E-state index contributed by atoms with van der Waals surface area (Å²) in [5.41, 5.74) is 0. The fraction of sp³-hybridized carbons (Fsp3) is 0.931. The maximum atomic E-state index is 12.7. The SMILES string of the molecule is CCCCCCCCCCCCC/C=C\C/C=C\CCCCCCCCCCCCCCCCCCC(O)C(=O)NC(CO)C(O)C(O)CCCCCCCCCCCCCCCCCCCCCCCCCCCCCC. The Hall–Kier alpha value is -1.21. The molecule has 0 radical (unpaired) electrons. The average molecular weight is 1100 g/mol. The molecule has 5 N–H and O–H groups in total. The van der Waals surface area contributed by atoms with Gasteiger partial charge in [0.05, 0.1) is 18.8 Å². The highest BCUT2D eigenvalue weighted by Crippen LogP contribution is 2.20. The van der Waals surface area contributed by atoms with Crippen LogP contribution in [0, 0.1) is 0 Å². The molecule has 0 aromatic heterocycles. The van der Waals surface area contributed by atoms with Crippen molar-refractivity contribution in [1.29, 1.82) is 0 Å². The molecule has 0 aliphatic rings. The summed E-state index contributed by atoms with van der Waals surface area (Å²) in [7, 11) is 0. The lowest BCUT2D eigenvalue weighted by molar-refractivity contribution is -0.132. The fourth-order valence-electron chi connectivity index (χ4n) is 11.6. The van der Waals surface area contributed by atoms with Gasteiger partial charge in [-0.25, -0.2) is 0 Å². The van der Waals surface area contributed by atoms with Crippen LogP contribution >= 0.6 is 0 Å². The van der Waals surface area contributed by atoms with Gasteiger partial charge in [-0.05, 0) is 44.9 Å². The maximum Gasteiger partial charge on any atom is 0.249 e. The summed E-state index contributed by atoms with van der Waals surface area (Å²) in [5.74, 6) is -0.576. The van der Waals surface area contributed by atoms with Gasteiger partial charge in [0.25, 0.3) is 0 Å². The van der Waals surface area contributed by atoms with E-state index in [-0.39, 0.29) is 0 Å². The van der Waals surface area contributed by atoms with Crippen LogP contribution in [-0.2, 0) is 4.79 Å². The minimum atomic E-state index is -1.26. The van der Waals surface area contributed by atoms with Gasteiger partial charge in [-0.3, -0.25) is 4.79 Å². The maximum absolute atomic E-state index is 12.7. The van der Waals surface area contributed by atoms with E-state index in [1.807, 2.05) is 0 Å². The van der Waals surface area contributed by atoms with Crippen molar-refractivity contribution in [2.24, 2.45) is 0 Å². The van der Waals surface area contributed by atoms with Gasteiger partial charge in [0, 0.05) is 0 Å². The zero-order valence-corrected chi connectivity index (χ0v) is 52.9. The van der Waals surface area contributed by atoms with Crippen molar-refractivity contribution in [1.82, 2.24) is 5.32 Å². The molecule has 0 rings (SSSR count). The third-order valence-corrected chi connectivity index (χ3v) is 17.2. The summed E-state index contributed by atoms with van der Waals surface area (Å²) in [6.07, 6.45) is 84.5. The smallest absolute Gasteiger partial charge is 0.249 e. The van der Waals surface area contributed by atoms with Crippen molar-refractivity contribution < 1.29 is 25.2 Å². The molecule has 0 spiro atoms. The van der Waals surface area contributed by atoms with Crippen LogP contribution in [0.2, 0.25) is 0 Å². The van der Waals surface area contributed by atoms with Crippen LogP contribution < -0.4 is 5.32 Å². The second-order valence-corrected chi connectivity index (χ2v) is 24.9. The second kappa shape index (κ2) is 66.6. The molecule has 0 saturated heterocycles. The number of hydrogen-bond acceptors (Lipinski definition) is 5. The molecule has 0 aromatic rings. The molecule has 0 saturated carbocycles. The predicted octanol–water partition coefficient (Wildman–Crippen LogP) is 22.1. The molecule has 0 bridgehead atoms. The molecule has 464 valence electrons. The Bertz CT molecular complexity index is 1190. The highest BCUT2D eigenvalue weighted by atomic mass is 16.3. The topological polar surface area (TPSA) is 110 Å². The van der Waals surface area contributed by atoms with Crippen molar-refractivity contribution in [3.8, 4) is 0 Å². The monoisotopic (exact) mass is 1100 g/mol. The first-order valence-corrected chi connectivity index (χ1v) is 35.7. The highest BCUT2D eigenvalue weighted by Gasteiger charge is 2.28. The molecule has 6 heteroatoms. The van der Waals surface area contributed by atoms with Crippen molar-refractivity contribution in [2.75, 3.05) is 6.61 Å². The van der Waals surface area contributed by atoms with E-state index in [0.717, 1.165) is 44.9 Å². The van der Waals surface area contributed by atoms with Gasteiger partial charge in [-0.2, -0.15) is 0 Å². The van der Waals surface area contributed by atoms with Crippen molar-refractivity contribution in [3.05, 3.63) is 24.3 Å². The van der Waals surface area contributed by atoms with Gasteiger partial charge >= 0.3 is 0 Å². The average Bonchev–Trinajstić information content (AvgIpc) is 3.45. The van der Waals surface area contributed by atoms with Gasteiger partial charge in [0.1, 0.15) is 12.2 Å². The molecule has 0 heterocycles. The van der Waals surface area contributed by atoms with E-state index in [2.05, 4.69) is 43.5 Å². The largest absolute Gasteiger partial charge is 0.394 e. The Morgan fingerprint density at radius 1 is 0.321 bits per heavy atom. The lowest BCUT2D eigenvalue weighted by Gasteiger charge is -2.27. The zero-order chi connectivity index (χ0) is 56.6. The second-order valence-electron chi connectivity index (χ2n) is 24.9. The van der Waals surface area contributed by atoms with Crippen LogP contribution in [-0.4, -0.2) is 57.3 Å². The summed E-state index contributed by atoms with van der Waals surface area (Å²) in [4.78, 5) is 12.7. The predicted molar refractivity (Wildman–Crippen MR) is 344 cm³/mol. The third-order valence-electron chi connectivity index (χ3n) is 17.2. The summed E-state index contributed by atoms with van der Waals surface area (Å²) in [6, 6.07) is -0.986. The summed E-state index contributed by atoms with van der Waals surface area (Å²) in [5, 5.41) is 44.3. The van der Waals surface area contributed by atoms with Crippen LogP contribution in [0.4, 0.5) is 0 Å². The van der Waals surface area contributed by atoms with E-state index < -0.39 is 36.9 Å². The van der Waals surface area contributed by atoms with E-state index in [1.165, 1.54) is 327 Å². The number of aliphatic hydroxyl groups excluding tert-OH is 4. The number of rotatable bonds is 67. The van der Waals surface area contributed by atoms with E-state index in [9.17, 15) is 25.2 Å². The Labute approximate surface area is 488 Å². The van der Waals surface area contributed by atoms with Crippen LogP contribution in [0.3, 0.4) is 0 Å². The molecule has 0 aromatic carbocycles. The number of amides is 1. The number of carbonyl (C=O) groups excluding carboxylic acids is 1. The van der Waals surface area contributed by atoms with Crippen molar-refractivity contribution in [2.45, 2.75) is 423 Å². The molecule has 4 unspecified atom stereocenters. The highest BCUT2D eigenvalue weighted by molar-refractivity contribution is 5.80. The summed E-state index contributed by atoms with van der Waals surface area (Å²) >= 11 is 0. The first kappa shape index (κ1) is 76.8. The number of nitrogens with one attached hydrogen (secondary N) is 1. The lowest BCUT2D eigenvalue weighted by atomic mass is 9.99. The number of aliphatic hydroxyl groups is 4. The van der Waals surface area contributed by atoms with Gasteiger partial charge in [0.15, 0.2) is 0 Å². The zero-order valence-electron chi connectivity index (χ0n) is 52.9. The van der Waals surface area contributed by atoms with Crippen LogP contribution in [0.1, 0.15) is 399 Å². The van der Waals surface area contributed by atoms with Gasteiger partial charge in [-0.15, -0.1) is 0 Å². The van der Waals surface area contributed by atoms with E-state index >= 15 is 0 Å². The number of unbranched alkanes of at least 4 members (excludes halogenated alkanes) is 54. The number of allylic oxidation sites excluding steroid dienone is 4. The van der Waals surface area contributed by atoms with Gasteiger partial charge < -0.3 is 25.7 Å². The Morgan fingerprint density at radius 2 is 0.551 bits per heavy atom. The van der Waals surface area contributed by atoms with Crippen molar-refractivity contribution >= 4 is 5.91 Å². The first-order valence-electron chi connectivity index (χ1n) is 35.7. The Kier molecular flexibility index (Phi) is 65.6. The van der Waals surface area contributed by atoms with Crippen molar-refractivity contribution in [3.63, 3.8) is 0 Å². The molecule has 0 aliphatic carbocycles. The van der Waals surface area contributed by atoms with Crippen LogP contribution in [0.5, 0.6) is 0 Å². The Morgan fingerprint density at radius 3 is 0.808 bits per heavy atom. The van der Waals surface area contributed by atoms with Gasteiger partial charge in [0.2, 0.25) is 5.91 Å².